The highest BCUT2D eigenvalue weighted by molar-refractivity contribution is 6.09. The summed E-state index contributed by atoms with van der Waals surface area (Å²) in [7, 11) is 0. The van der Waals surface area contributed by atoms with E-state index in [0.29, 0.717) is 12.6 Å². The lowest BCUT2D eigenvalue weighted by molar-refractivity contribution is -0.128. The van der Waals surface area contributed by atoms with E-state index in [1.807, 2.05) is 13.8 Å². The van der Waals surface area contributed by atoms with Crippen molar-refractivity contribution in [1.29, 1.82) is 0 Å². The van der Waals surface area contributed by atoms with Gasteiger partial charge in [0.15, 0.2) is 5.96 Å². The van der Waals surface area contributed by atoms with Crippen LogP contribution < -0.4 is 10.6 Å². The van der Waals surface area contributed by atoms with Gasteiger partial charge in [0.1, 0.15) is 5.54 Å². The molecule has 2 heterocycles. The molecule has 0 aromatic carbocycles. The first kappa shape index (κ1) is 10.4. The number of hydrogen-bond donors (Lipinski definition) is 2. The number of hydrogen-bond acceptors (Lipinski definition) is 3. The normalized spacial score (nSPS) is 33.5. The Bertz CT molecular complexity index is 293. The number of rotatable bonds is 1. The number of carbonyl (C=O) groups excluding carboxylic acids is 1. The molecule has 0 aliphatic carbocycles. The summed E-state index contributed by atoms with van der Waals surface area (Å²) < 4.78 is 5.35. The molecule has 0 radical (unpaired) electrons. The molecule has 1 amide bonds. The van der Waals surface area contributed by atoms with E-state index >= 15 is 0 Å². The number of guanidine groups is 1. The molecular formula is C10H17N3O2. The van der Waals surface area contributed by atoms with Gasteiger partial charge in [0.2, 0.25) is 0 Å². The Morgan fingerprint density at radius 3 is 2.93 bits per heavy atom. The monoisotopic (exact) mass is 211 g/mol. The van der Waals surface area contributed by atoms with E-state index in [4.69, 9.17) is 4.74 Å². The van der Waals surface area contributed by atoms with Crippen molar-refractivity contribution in [3.63, 3.8) is 0 Å². The zero-order valence-corrected chi connectivity index (χ0v) is 9.17. The standard InChI is InChI=1S/C10H17N3O2/c1-7(2)11-9-12-8(14)10(13-9)4-3-5-15-6-10/h7H,3-6H2,1-2H3,(H2,11,12,13,14). The van der Waals surface area contributed by atoms with Gasteiger partial charge in [-0.15, -0.1) is 0 Å². The topological polar surface area (TPSA) is 62.7 Å². The van der Waals surface area contributed by atoms with Crippen molar-refractivity contribution < 1.29 is 9.53 Å². The lowest BCUT2D eigenvalue weighted by atomic mass is 9.93. The van der Waals surface area contributed by atoms with Gasteiger partial charge in [0.05, 0.1) is 6.61 Å². The minimum absolute atomic E-state index is 0.0124. The molecule has 1 spiro atoms. The number of aliphatic imine (C=N–C) groups is 1. The van der Waals surface area contributed by atoms with Crippen molar-refractivity contribution in [3.8, 4) is 0 Å². The van der Waals surface area contributed by atoms with Crippen LogP contribution in [0.5, 0.6) is 0 Å². The van der Waals surface area contributed by atoms with Crippen LogP contribution in [0.1, 0.15) is 26.7 Å². The van der Waals surface area contributed by atoms with E-state index in [1.54, 1.807) is 0 Å². The van der Waals surface area contributed by atoms with Crippen LogP contribution in [0.4, 0.5) is 0 Å². The van der Waals surface area contributed by atoms with Gasteiger partial charge in [-0.25, -0.2) is 0 Å². The Hall–Kier alpha value is -1.10. The van der Waals surface area contributed by atoms with Gasteiger partial charge >= 0.3 is 0 Å². The molecule has 1 atom stereocenters. The quantitative estimate of drug-likeness (QED) is 0.642. The summed E-state index contributed by atoms with van der Waals surface area (Å²) in [5, 5.41) is 5.92. The first-order valence-corrected chi connectivity index (χ1v) is 5.38. The predicted octanol–water partition coefficient (Wildman–Crippen LogP) is 0.0194. The summed E-state index contributed by atoms with van der Waals surface area (Å²) in [4.78, 5) is 16.1. The fourth-order valence-corrected chi connectivity index (χ4v) is 1.94. The third kappa shape index (κ3) is 1.97. The Kier molecular flexibility index (Phi) is 2.65. The van der Waals surface area contributed by atoms with Crippen molar-refractivity contribution in [2.24, 2.45) is 4.99 Å². The minimum Gasteiger partial charge on any atom is -0.378 e. The first-order valence-electron chi connectivity index (χ1n) is 5.38. The van der Waals surface area contributed by atoms with Crippen molar-refractivity contribution in [2.75, 3.05) is 13.2 Å². The maximum absolute atomic E-state index is 11.8. The Labute approximate surface area is 89.3 Å². The molecule has 2 aliphatic heterocycles. The van der Waals surface area contributed by atoms with Gasteiger partial charge in [-0.2, -0.15) is 0 Å². The molecule has 0 aromatic heterocycles. The molecular weight excluding hydrogens is 194 g/mol. The Morgan fingerprint density at radius 2 is 2.33 bits per heavy atom. The molecule has 2 fully saturated rings. The van der Waals surface area contributed by atoms with Crippen molar-refractivity contribution >= 4 is 11.9 Å². The molecule has 2 rings (SSSR count). The number of carbonyl (C=O) groups is 1. The van der Waals surface area contributed by atoms with Crippen molar-refractivity contribution in [1.82, 2.24) is 10.6 Å². The molecule has 5 heteroatoms. The zero-order valence-electron chi connectivity index (χ0n) is 9.17. The molecule has 2 saturated heterocycles. The third-order valence-corrected chi connectivity index (χ3v) is 2.65. The SMILES string of the molecule is CC(C)N=C1NC(=O)C2(CCCOC2)N1. The highest BCUT2D eigenvalue weighted by Crippen LogP contribution is 2.22. The van der Waals surface area contributed by atoms with Gasteiger partial charge in [-0.1, -0.05) is 0 Å². The van der Waals surface area contributed by atoms with Crippen LogP contribution in [0.25, 0.3) is 0 Å². The zero-order chi connectivity index (χ0) is 10.9. The second kappa shape index (κ2) is 3.81. The number of amides is 1. The fraction of sp³-hybridized carbons (Fsp3) is 0.800. The van der Waals surface area contributed by atoms with Gasteiger partial charge in [0, 0.05) is 12.6 Å². The molecule has 15 heavy (non-hydrogen) atoms. The Morgan fingerprint density at radius 1 is 1.53 bits per heavy atom. The fourth-order valence-electron chi connectivity index (χ4n) is 1.94. The summed E-state index contributed by atoms with van der Waals surface area (Å²) in [6.07, 6.45) is 1.73. The van der Waals surface area contributed by atoms with E-state index in [0.717, 1.165) is 19.4 Å². The molecule has 5 nitrogen and oxygen atoms in total. The number of ether oxygens (including phenoxy) is 1. The molecule has 0 saturated carbocycles. The lowest BCUT2D eigenvalue weighted by Crippen LogP contribution is -2.53. The summed E-state index contributed by atoms with van der Waals surface area (Å²) in [5.41, 5.74) is -0.564. The van der Waals surface area contributed by atoms with Crippen molar-refractivity contribution in [2.45, 2.75) is 38.3 Å². The van der Waals surface area contributed by atoms with Crippen LogP contribution in [-0.4, -0.2) is 36.7 Å². The van der Waals surface area contributed by atoms with Crippen molar-refractivity contribution in [3.05, 3.63) is 0 Å². The average Bonchev–Trinajstić information content (AvgIpc) is 2.43. The lowest BCUT2D eigenvalue weighted by Gasteiger charge is -2.30. The smallest absolute Gasteiger partial charge is 0.254 e. The van der Waals surface area contributed by atoms with E-state index in [1.165, 1.54) is 0 Å². The summed E-state index contributed by atoms with van der Waals surface area (Å²) in [6.45, 7) is 5.13. The van der Waals surface area contributed by atoms with Gasteiger partial charge in [-0.3, -0.25) is 15.1 Å². The minimum atomic E-state index is -0.564. The molecule has 0 aromatic rings. The predicted molar refractivity (Wildman–Crippen MR) is 56.6 cm³/mol. The second-order valence-corrected chi connectivity index (χ2v) is 4.39. The summed E-state index contributed by atoms with van der Waals surface area (Å²) >= 11 is 0. The molecule has 2 aliphatic rings. The van der Waals surface area contributed by atoms with E-state index in [2.05, 4.69) is 15.6 Å². The van der Waals surface area contributed by atoms with Gasteiger partial charge in [-0.05, 0) is 26.7 Å². The molecule has 1 unspecified atom stereocenters. The van der Waals surface area contributed by atoms with E-state index < -0.39 is 5.54 Å². The highest BCUT2D eigenvalue weighted by Gasteiger charge is 2.46. The van der Waals surface area contributed by atoms with Gasteiger partial charge < -0.3 is 10.1 Å². The second-order valence-electron chi connectivity index (χ2n) is 4.39. The van der Waals surface area contributed by atoms with Crippen LogP contribution in [0.15, 0.2) is 4.99 Å². The maximum Gasteiger partial charge on any atom is 0.254 e. The first-order chi connectivity index (χ1) is 7.12. The van der Waals surface area contributed by atoms with Crippen LogP contribution in [0.2, 0.25) is 0 Å². The summed E-state index contributed by atoms with van der Waals surface area (Å²) in [6, 6.07) is 0.174. The Balaban J connectivity index is 2.12. The molecule has 84 valence electrons. The number of nitrogens with zero attached hydrogens (tertiary/aromatic N) is 1. The largest absolute Gasteiger partial charge is 0.378 e. The highest BCUT2D eigenvalue weighted by atomic mass is 16.5. The van der Waals surface area contributed by atoms with E-state index in [9.17, 15) is 4.79 Å². The van der Waals surface area contributed by atoms with Crippen LogP contribution in [0, 0.1) is 0 Å². The van der Waals surface area contributed by atoms with Gasteiger partial charge in [0.25, 0.3) is 5.91 Å². The van der Waals surface area contributed by atoms with Crippen LogP contribution in [0.3, 0.4) is 0 Å². The third-order valence-electron chi connectivity index (χ3n) is 2.65. The number of nitrogens with one attached hydrogen (secondary N) is 2. The van der Waals surface area contributed by atoms with Crippen LogP contribution >= 0.6 is 0 Å². The van der Waals surface area contributed by atoms with E-state index in [-0.39, 0.29) is 11.9 Å². The molecule has 0 bridgehead atoms. The van der Waals surface area contributed by atoms with Crippen LogP contribution in [-0.2, 0) is 9.53 Å². The average molecular weight is 211 g/mol. The maximum atomic E-state index is 11.8. The molecule has 2 N–H and O–H groups in total. The summed E-state index contributed by atoms with van der Waals surface area (Å²) in [5.74, 6) is 0.571.